The van der Waals surface area contributed by atoms with Gasteiger partial charge in [0.1, 0.15) is 0 Å². The molecule has 0 atom stereocenters. The second-order valence-corrected chi connectivity index (χ2v) is 8.31. The van der Waals surface area contributed by atoms with Gasteiger partial charge in [-0.3, -0.25) is 10.1 Å². The van der Waals surface area contributed by atoms with Gasteiger partial charge in [0.05, 0.1) is 10.7 Å². The van der Waals surface area contributed by atoms with Gasteiger partial charge in [0.25, 0.3) is 0 Å². The number of nitrogens with one attached hydrogen (secondary N) is 1. The maximum atomic E-state index is 12.3. The Labute approximate surface area is 165 Å². The number of anilines is 1. The number of hydrogen-bond donors (Lipinski definition) is 1. The molecule has 0 aliphatic heterocycles. The summed E-state index contributed by atoms with van der Waals surface area (Å²) in [6, 6.07) is 5.34. The lowest BCUT2D eigenvalue weighted by molar-refractivity contribution is -0.117. The predicted molar refractivity (Wildman–Crippen MR) is 106 cm³/mol. The number of halogens is 2. The molecule has 136 valence electrons. The Kier molecular flexibility index (Phi) is 5.16. The highest BCUT2D eigenvalue weighted by molar-refractivity contribution is 7.15. The van der Waals surface area contributed by atoms with Crippen molar-refractivity contribution in [2.45, 2.75) is 38.5 Å². The van der Waals surface area contributed by atoms with Gasteiger partial charge in [-0.25, -0.2) is 4.52 Å². The van der Waals surface area contributed by atoms with Crippen molar-refractivity contribution in [2.24, 2.45) is 5.92 Å². The van der Waals surface area contributed by atoms with E-state index in [1.165, 1.54) is 30.6 Å². The molecule has 0 spiro atoms. The van der Waals surface area contributed by atoms with Crippen molar-refractivity contribution in [3.8, 4) is 11.3 Å². The minimum Gasteiger partial charge on any atom is -0.293 e. The largest absolute Gasteiger partial charge is 0.293 e. The highest BCUT2D eigenvalue weighted by atomic mass is 35.5. The summed E-state index contributed by atoms with van der Waals surface area (Å²) in [4.78, 5) is 17.4. The number of hydrogen-bond acceptors (Lipinski definition) is 4. The standard InChI is InChI=1S/C18H18Cl2N4OS/c19-12-6-7-13(14(20)9-12)15-10-26-18-22-17(23-24(15)18)21-16(25)8-11-4-2-1-3-5-11/h6-7,9-11H,1-5,8H2,(H,21,23,25). The van der Waals surface area contributed by atoms with Crippen molar-refractivity contribution < 1.29 is 4.79 Å². The van der Waals surface area contributed by atoms with Crippen LogP contribution in [0.15, 0.2) is 23.6 Å². The van der Waals surface area contributed by atoms with E-state index in [4.69, 9.17) is 23.2 Å². The highest BCUT2D eigenvalue weighted by Crippen LogP contribution is 2.33. The van der Waals surface area contributed by atoms with E-state index in [1.54, 1.807) is 16.6 Å². The molecule has 2 aromatic heterocycles. The lowest BCUT2D eigenvalue weighted by atomic mass is 9.87. The van der Waals surface area contributed by atoms with Crippen LogP contribution in [0.5, 0.6) is 0 Å². The smallest absolute Gasteiger partial charge is 0.250 e. The number of fused-ring (bicyclic) bond motifs is 1. The summed E-state index contributed by atoms with van der Waals surface area (Å²) < 4.78 is 1.70. The average molecular weight is 409 g/mol. The Balaban J connectivity index is 1.53. The summed E-state index contributed by atoms with van der Waals surface area (Å²) in [6.07, 6.45) is 6.55. The SMILES string of the molecule is O=C(CC1CCCCC1)Nc1nc2scc(-c3ccc(Cl)cc3Cl)n2n1. The minimum atomic E-state index is -0.0128. The monoisotopic (exact) mass is 408 g/mol. The van der Waals surface area contributed by atoms with Crippen LogP contribution in [0.3, 0.4) is 0 Å². The molecule has 8 heteroatoms. The van der Waals surface area contributed by atoms with Gasteiger partial charge in [-0.2, -0.15) is 4.98 Å². The fraction of sp³-hybridized carbons (Fsp3) is 0.389. The Morgan fingerprint density at radius 3 is 2.85 bits per heavy atom. The van der Waals surface area contributed by atoms with Gasteiger partial charge >= 0.3 is 0 Å². The van der Waals surface area contributed by atoms with Crippen LogP contribution in [-0.4, -0.2) is 20.5 Å². The van der Waals surface area contributed by atoms with Crippen LogP contribution >= 0.6 is 34.5 Å². The number of nitrogens with zero attached hydrogens (tertiary/aromatic N) is 3. The van der Waals surface area contributed by atoms with E-state index in [9.17, 15) is 4.79 Å². The van der Waals surface area contributed by atoms with Crippen LogP contribution in [0, 0.1) is 5.92 Å². The van der Waals surface area contributed by atoms with Crippen molar-refractivity contribution in [3.05, 3.63) is 33.6 Å². The van der Waals surface area contributed by atoms with Crippen molar-refractivity contribution in [1.82, 2.24) is 14.6 Å². The average Bonchev–Trinajstić information content (AvgIpc) is 3.16. The van der Waals surface area contributed by atoms with E-state index < -0.39 is 0 Å². The van der Waals surface area contributed by atoms with Gasteiger partial charge in [0.2, 0.25) is 16.8 Å². The quantitative estimate of drug-likeness (QED) is 0.604. The molecule has 1 aromatic carbocycles. The van der Waals surface area contributed by atoms with E-state index in [2.05, 4.69) is 15.4 Å². The zero-order valence-corrected chi connectivity index (χ0v) is 16.4. The third-order valence-corrected chi connectivity index (χ3v) is 6.10. The molecular weight excluding hydrogens is 391 g/mol. The predicted octanol–water partition coefficient (Wildman–Crippen LogP) is 5.67. The van der Waals surface area contributed by atoms with Crippen LogP contribution in [0.4, 0.5) is 5.95 Å². The third-order valence-electron chi connectivity index (χ3n) is 4.74. The van der Waals surface area contributed by atoms with Crippen molar-refractivity contribution in [2.75, 3.05) is 5.32 Å². The molecule has 1 saturated carbocycles. The molecule has 26 heavy (non-hydrogen) atoms. The Bertz CT molecular complexity index is 946. The van der Waals surface area contributed by atoms with Gasteiger partial charge in [0.15, 0.2) is 0 Å². The fourth-order valence-corrected chi connectivity index (χ4v) is 4.77. The Hall–Kier alpha value is -1.63. The van der Waals surface area contributed by atoms with Gasteiger partial charge in [-0.1, -0.05) is 42.5 Å². The molecule has 1 amide bonds. The number of rotatable bonds is 4. The number of amides is 1. The van der Waals surface area contributed by atoms with Crippen LogP contribution in [0.2, 0.25) is 10.0 Å². The van der Waals surface area contributed by atoms with E-state index >= 15 is 0 Å². The first kappa shape index (κ1) is 17.8. The number of carbonyl (C=O) groups is 1. The molecule has 0 bridgehead atoms. The van der Waals surface area contributed by atoms with Crippen LogP contribution in [-0.2, 0) is 4.79 Å². The van der Waals surface area contributed by atoms with Gasteiger partial charge in [0, 0.05) is 22.4 Å². The van der Waals surface area contributed by atoms with E-state index in [0.29, 0.717) is 33.3 Å². The fourth-order valence-electron chi connectivity index (χ4n) is 3.45. The van der Waals surface area contributed by atoms with E-state index in [1.807, 2.05) is 11.4 Å². The molecule has 3 aromatic rings. The minimum absolute atomic E-state index is 0.0128. The number of carbonyl (C=O) groups excluding carboxylic acids is 1. The maximum Gasteiger partial charge on any atom is 0.250 e. The molecule has 5 nitrogen and oxygen atoms in total. The van der Waals surface area contributed by atoms with Gasteiger partial charge < -0.3 is 0 Å². The second-order valence-electron chi connectivity index (χ2n) is 6.63. The maximum absolute atomic E-state index is 12.3. The molecule has 1 N–H and O–H groups in total. The zero-order valence-electron chi connectivity index (χ0n) is 14.0. The topological polar surface area (TPSA) is 59.3 Å². The summed E-state index contributed by atoms with van der Waals surface area (Å²) >= 11 is 13.7. The number of thiazole rings is 1. The lowest BCUT2D eigenvalue weighted by Gasteiger charge is -2.20. The first-order chi connectivity index (χ1) is 12.6. The molecule has 1 aliphatic rings. The summed E-state index contributed by atoms with van der Waals surface area (Å²) in [7, 11) is 0. The summed E-state index contributed by atoms with van der Waals surface area (Å²) in [6.45, 7) is 0. The van der Waals surface area contributed by atoms with E-state index in [0.717, 1.165) is 24.1 Å². The summed E-state index contributed by atoms with van der Waals surface area (Å²) in [5.74, 6) is 0.807. The van der Waals surface area contributed by atoms with Gasteiger partial charge in [-0.05, 0) is 37.0 Å². The summed E-state index contributed by atoms with van der Waals surface area (Å²) in [5.41, 5.74) is 1.65. The zero-order chi connectivity index (χ0) is 18.1. The van der Waals surface area contributed by atoms with Gasteiger partial charge in [-0.15, -0.1) is 16.4 Å². The molecule has 1 fully saturated rings. The number of aromatic nitrogens is 3. The first-order valence-corrected chi connectivity index (χ1v) is 10.3. The molecule has 4 rings (SSSR count). The van der Waals surface area contributed by atoms with E-state index in [-0.39, 0.29) is 5.91 Å². The Morgan fingerprint density at radius 2 is 2.08 bits per heavy atom. The molecule has 0 radical (unpaired) electrons. The Morgan fingerprint density at radius 1 is 1.27 bits per heavy atom. The summed E-state index contributed by atoms with van der Waals surface area (Å²) in [5, 5.41) is 10.4. The van der Waals surface area contributed by atoms with Crippen molar-refractivity contribution in [1.29, 1.82) is 0 Å². The van der Waals surface area contributed by atoms with Crippen molar-refractivity contribution >= 4 is 51.4 Å². The molecule has 2 heterocycles. The first-order valence-electron chi connectivity index (χ1n) is 8.69. The van der Waals surface area contributed by atoms with Crippen LogP contribution in [0.25, 0.3) is 16.2 Å². The normalized spacial score (nSPS) is 15.5. The lowest BCUT2D eigenvalue weighted by Crippen LogP contribution is -2.19. The molecule has 1 aliphatic carbocycles. The second kappa shape index (κ2) is 7.55. The van der Waals surface area contributed by atoms with Crippen LogP contribution < -0.4 is 5.32 Å². The molecule has 0 unspecified atom stereocenters. The van der Waals surface area contributed by atoms with Crippen molar-refractivity contribution in [3.63, 3.8) is 0 Å². The molecular formula is C18H18Cl2N4OS. The third kappa shape index (κ3) is 3.72. The number of benzene rings is 1. The highest BCUT2D eigenvalue weighted by Gasteiger charge is 2.19. The van der Waals surface area contributed by atoms with Crippen LogP contribution in [0.1, 0.15) is 38.5 Å². The molecule has 0 saturated heterocycles.